The Morgan fingerprint density at radius 2 is 1.70 bits per heavy atom. The molecule has 1 amide bonds. The highest BCUT2D eigenvalue weighted by molar-refractivity contribution is 6.11. The largest absolute Gasteiger partial charge is 0.491 e. The Balaban J connectivity index is 1.96. The fraction of sp³-hybridized carbons (Fsp3) is 0.263. The lowest BCUT2D eigenvalue weighted by molar-refractivity contribution is -0.115. The Labute approximate surface area is 136 Å². The van der Waals surface area contributed by atoms with Crippen LogP contribution >= 0.6 is 0 Å². The number of para-hydroxylation sites is 2. The van der Waals surface area contributed by atoms with Crippen LogP contribution in [-0.2, 0) is 4.79 Å². The van der Waals surface area contributed by atoms with Crippen LogP contribution in [0.2, 0.25) is 0 Å². The van der Waals surface area contributed by atoms with Crippen molar-refractivity contribution in [2.24, 2.45) is 0 Å². The molecule has 0 saturated carbocycles. The van der Waals surface area contributed by atoms with Crippen molar-refractivity contribution in [2.45, 2.75) is 26.2 Å². The Hall–Kier alpha value is -2.62. The molecule has 2 aromatic carbocycles. The van der Waals surface area contributed by atoms with Crippen molar-refractivity contribution < 1.29 is 14.3 Å². The first-order valence-electron chi connectivity index (χ1n) is 7.80. The van der Waals surface area contributed by atoms with Gasteiger partial charge in [-0.3, -0.25) is 9.59 Å². The van der Waals surface area contributed by atoms with Gasteiger partial charge in [0.15, 0.2) is 5.78 Å². The van der Waals surface area contributed by atoms with Gasteiger partial charge in [0.2, 0.25) is 5.91 Å². The number of ether oxygens (including phenoxy) is 1. The predicted octanol–water partition coefficient (Wildman–Crippen LogP) is 4.08. The van der Waals surface area contributed by atoms with Crippen molar-refractivity contribution >= 4 is 17.4 Å². The van der Waals surface area contributed by atoms with Gasteiger partial charge >= 0.3 is 0 Å². The molecule has 2 aromatic rings. The van der Waals surface area contributed by atoms with Crippen LogP contribution in [0.3, 0.4) is 0 Å². The van der Waals surface area contributed by atoms with Crippen LogP contribution in [0.1, 0.15) is 36.5 Å². The van der Waals surface area contributed by atoms with E-state index in [-0.39, 0.29) is 18.1 Å². The maximum Gasteiger partial charge on any atom is 0.232 e. The third kappa shape index (κ3) is 5.25. The van der Waals surface area contributed by atoms with Gasteiger partial charge in [0.1, 0.15) is 5.75 Å². The van der Waals surface area contributed by atoms with Gasteiger partial charge in [0.25, 0.3) is 0 Å². The molecule has 0 heterocycles. The molecule has 0 spiro atoms. The molecule has 4 heteroatoms. The number of carbonyl (C=O) groups is 2. The smallest absolute Gasteiger partial charge is 0.232 e. The van der Waals surface area contributed by atoms with Crippen LogP contribution in [0.25, 0.3) is 0 Å². The van der Waals surface area contributed by atoms with E-state index in [4.69, 9.17) is 4.74 Å². The topological polar surface area (TPSA) is 55.4 Å². The van der Waals surface area contributed by atoms with E-state index in [0.717, 1.165) is 12.8 Å². The summed E-state index contributed by atoms with van der Waals surface area (Å²) in [6.45, 7) is 2.69. The van der Waals surface area contributed by atoms with E-state index in [1.54, 1.807) is 30.3 Å². The van der Waals surface area contributed by atoms with Gasteiger partial charge in [-0.25, -0.2) is 0 Å². The second-order valence-electron chi connectivity index (χ2n) is 5.21. The van der Waals surface area contributed by atoms with Crippen LogP contribution in [-0.4, -0.2) is 18.3 Å². The minimum Gasteiger partial charge on any atom is -0.491 e. The second-order valence-corrected chi connectivity index (χ2v) is 5.21. The number of rotatable bonds is 8. The molecule has 2 rings (SSSR count). The monoisotopic (exact) mass is 311 g/mol. The van der Waals surface area contributed by atoms with E-state index in [1.165, 1.54) is 0 Å². The first-order chi connectivity index (χ1) is 11.2. The summed E-state index contributed by atoms with van der Waals surface area (Å²) in [4.78, 5) is 24.1. The van der Waals surface area contributed by atoms with E-state index < -0.39 is 0 Å². The van der Waals surface area contributed by atoms with Crippen molar-refractivity contribution in [1.82, 2.24) is 0 Å². The lowest BCUT2D eigenvalue weighted by Crippen LogP contribution is -2.17. The molecule has 0 bridgehead atoms. The predicted molar refractivity (Wildman–Crippen MR) is 90.9 cm³/mol. The zero-order valence-corrected chi connectivity index (χ0v) is 13.2. The fourth-order valence-electron chi connectivity index (χ4n) is 2.09. The molecular formula is C19H21NO3. The lowest BCUT2D eigenvalue weighted by atomic mass is 10.1. The number of anilines is 1. The van der Waals surface area contributed by atoms with E-state index in [0.29, 0.717) is 23.6 Å². The van der Waals surface area contributed by atoms with Crippen LogP contribution in [0.15, 0.2) is 54.6 Å². The molecule has 0 fully saturated rings. The van der Waals surface area contributed by atoms with Crippen LogP contribution < -0.4 is 10.1 Å². The summed E-state index contributed by atoms with van der Waals surface area (Å²) in [7, 11) is 0. The molecule has 4 nitrogen and oxygen atoms in total. The van der Waals surface area contributed by atoms with E-state index in [9.17, 15) is 9.59 Å². The number of Topliss-reactive ketones (excluding diaryl/α,β-unsaturated/α-hetero) is 1. The first-order valence-corrected chi connectivity index (χ1v) is 7.80. The maximum atomic E-state index is 12.1. The Bertz CT molecular complexity index is 653. The zero-order valence-electron chi connectivity index (χ0n) is 13.2. The third-order valence-electron chi connectivity index (χ3n) is 3.33. The van der Waals surface area contributed by atoms with Crippen molar-refractivity contribution in [3.05, 3.63) is 60.2 Å². The molecule has 0 atom stereocenters. The molecular weight excluding hydrogens is 290 g/mol. The van der Waals surface area contributed by atoms with Crippen molar-refractivity contribution in [2.75, 3.05) is 11.9 Å². The van der Waals surface area contributed by atoms with Gasteiger partial charge in [-0.2, -0.15) is 0 Å². The fourth-order valence-corrected chi connectivity index (χ4v) is 2.09. The van der Waals surface area contributed by atoms with Gasteiger partial charge in [0, 0.05) is 5.56 Å². The minimum absolute atomic E-state index is 0.187. The normalized spacial score (nSPS) is 10.1. The van der Waals surface area contributed by atoms with E-state index in [1.807, 2.05) is 24.3 Å². The molecule has 1 N–H and O–H groups in total. The van der Waals surface area contributed by atoms with Gasteiger partial charge in [-0.05, 0) is 18.6 Å². The highest BCUT2D eigenvalue weighted by Gasteiger charge is 2.13. The summed E-state index contributed by atoms with van der Waals surface area (Å²) in [5.74, 6) is 0.0827. The molecule has 0 radical (unpaired) electrons. The second kappa shape index (κ2) is 8.73. The number of carbonyl (C=O) groups excluding carboxylic acids is 2. The molecule has 0 saturated heterocycles. The molecule has 0 aliphatic rings. The summed E-state index contributed by atoms with van der Waals surface area (Å²) in [6.07, 6.45) is 1.81. The van der Waals surface area contributed by atoms with Gasteiger partial charge < -0.3 is 10.1 Å². The van der Waals surface area contributed by atoms with Crippen molar-refractivity contribution in [3.8, 4) is 5.75 Å². The number of hydrogen-bond donors (Lipinski definition) is 1. The first kappa shape index (κ1) is 16.7. The quantitative estimate of drug-likeness (QED) is 0.454. The van der Waals surface area contributed by atoms with Crippen LogP contribution in [0.4, 0.5) is 5.69 Å². The Morgan fingerprint density at radius 1 is 1.00 bits per heavy atom. The summed E-state index contributed by atoms with van der Waals surface area (Å²) in [5.41, 5.74) is 1.13. The van der Waals surface area contributed by atoms with Crippen molar-refractivity contribution in [3.63, 3.8) is 0 Å². The highest BCUT2D eigenvalue weighted by atomic mass is 16.5. The van der Waals surface area contributed by atoms with Crippen LogP contribution in [0.5, 0.6) is 5.75 Å². The lowest BCUT2D eigenvalue weighted by Gasteiger charge is -2.12. The van der Waals surface area contributed by atoms with Gasteiger partial charge in [-0.15, -0.1) is 0 Å². The molecule has 120 valence electrons. The summed E-state index contributed by atoms with van der Waals surface area (Å²) >= 11 is 0. The number of ketones is 1. The number of amides is 1. The SMILES string of the molecule is CCCCOc1ccccc1NC(=O)CC(=O)c1ccccc1. The summed E-state index contributed by atoms with van der Waals surface area (Å²) < 4.78 is 5.67. The zero-order chi connectivity index (χ0) is 16.5. The molecule has 0 aliphatic heterocycles. The molecule has 23 heavy (non-hydrogen) atoms. The van der Waals surface area contributed by atoms with Crippen molar-refractivity contribution in [1.29, 1.82) is 0 Å². The molecule has 0 aliphatic carbocycles. The number of unbranched alkanes of at least 4 members (excludes halogenated alkanes) is 1. The molecule has 0 unspecified atom stereocenters. The van der Waals surface area contributed by atoms with E-state index >= 15 is 0 Å². The Morgan fingerprint density at radius 3 is 2.43 bits per heavy atom. The number of hydrogen-bond acceptors (Lipinski definition) is 3. The summed E-state index contributed by atoms with van der Waals surface area (Å²) in [6, 6.07) is 16.1. The average Bonchev–Trinajstić information content (AvgIpc) is 2.57. The standard InChI is InChI=1S/C19H21NO3/c1-2-3-13-23-18-12-8-7-11-16(18)20-19(22)14-17(21)15-9-5-4-6-10-15/h4-12H,2-3,13-14H2,1H3,(H,20,22). The summed E-state index contributed by atoms with van der Waals surface area (Å²) in [5, 5.41) is 2.75. The average molecular weight is 311 g/mol. The number of benzene rings is 2. The van der Waals surface area contributed by atoms with Gasteiger partial charge in [0.05, 0.1) is 18.7 Å². The van der Waals surface area contributed by atoms with E-state index in [2.05, 4.69) is 12.2 Å². The Kier molecular flexibility index (Phi) is 6.36. The number of nitrogens with one attached hydrogen (secondary N) is 1. The molecule has 0 aromatic heterocycles. The minimum atomic E-state index is -0.342. The third-order valence-corrected chi connectivity index (χ3v) is 3.33. The maximum absolute atomic E-state index is 12.1. The van der Waals surface area contributed by atoms with Gasteiger partial charge in [-0.1, -0.05) is 55.8 Å². The van der Waals surface area contributed by atoms with Crippen LogP contribution in [0, 0.1) is 0 Å². The highest BCUT2D eigenvalue weighted by Crippen LogP contribution is 2.24.